The van der Waals surface area contributed by atoms with Crippen LogP contribution in [0.2, 0.25) is 0 Å². The molecule has 0 saturated carbocycles. The molecule has 0 spiro atoms. The molecule has 0 bridgehead atoms. The van der Waals surface area contributed by atoms with Gasteiger partial charge in [-0.3, -0.25) is 24.5 Å². The van der Waals surface area contributed by atoms with Crippen molar-refractivity contribution < 1.29 is 19.5 Å². The van der Waals surface area contributed by atoms with Crippen molar-refractivity contribution in [2.45, 2.75) is 51.0 Å². The van der Waals surface area contributed by atoms with Crippen LogP contribution in [0, 0.1) is 0 Å². The van der Waals surface area contributed by atoms with Crippen molar-refractivity contribution in [3.63, 3.8) is 0 Å². The van der Waals surface area contributed by atoms with Gasteiger partial charge in [0, 0.05) is 30.5 Å². The Hall–Kier alpha value is -3.23. The van der Waals surface area contributed by atoms with Crippen LogP contribution in [0.15, 0.2) is 29.2 Å². The van der Waals surface area contributed by atoms with Gasteiger partial charge in [0.25, 0.3) is 11.5 Å². The lowest BCUT2D eigenvalue weighted by Crippen LogP contribution is -2.45. The highest BCUT2D eigenvalue weighted by Gasteiger charge is 2.29. The van der Waals surface area contributed by atoms with Crippen LogP contribution in [0.1, 0.15) is 51.0 Å². The van der Waals surface area contributed by atoms with E-state index in [-0.39, 0.29) is 30.7 Å². The second kappa shape index (κ2) is 9.31. The zero-order valence-electron chi connectivity index (χ0n) is 16.0. The average molecular weight is 400 g/mol. The summed E-state index contributed by atoms with van der Waals surface area (Å²) >= 11 is 0. The number of amides is 2. The van der Waals surface area contributed by atoms with E-state index in [1.165, 1.54) is 0 Å². The molecule has 1 aliphatic heterocycles. The van der Waals surface area contributed by atoms with E-state index >= 15 is 0 Å². The third kappa shape index (κ3) is 5.18. The van der Waals surface area contributed by atoms with E-state index in [1.807, 2.05) is 12.1 Å². The van der Waals surface area contributed by atoms with Crippen LogP contribution >= 0.6 is 0 Å². The summed E-state index contributed by atoms with van der Waals surface area (Å²) in [6.45, 7) is 0.749. The molecule has 1 saturated heterocycles. The third-order valence-electron chi connectivity index (χ3n) is 4.96. The Labute approximate surface area is 167 Å². The van der Waals surface area contributed by atoms with Gasteiger partial charge < -0.3 is 10.4 Å². The zero-order chi connectivity index (χ0) is 20.8. The number of benzene rings is 1. The van der Waals surface area contributed by atoms with Gasteiger partial charge in [-0.05, 0) is 37.5 Å². The molecule has 0 radical (unpaired) electrons. The normalized spacial score (nSPS) is 16.6. The number of hydrogen-bond acceptors (Lipinski definition) is 6. The molecule has 1 atom stereocenters. The number of hydrogen-bond donors (Lipinski definition) is 3. The van der Waals surface area contributed by atoms with Crippen LogP contribution in [0.5, 0.6) is 0 Å². The first-order valence-corrected chi connectivity index (χ1v) is 9.76. The minimum Gasteiger partial charge on any atom is -0.481 e. The smallest absolute Gasteiger partial charge is 0.303 e. The molecule has 1 aliphatic rings. The Balaban J connectivity index is 1.61. The number of carbonyl (C=O) groups is 3. The second-order valence-electron chi connectivity index (χ2n) is 7.15. The molecule has 154 valence electrons. The zero-order valence-corrected chi connectivity index (χ0v) is 16.0. The number of aliphatic carboxylic acids is 1. The molecular formula is C20H24N4O5. The molecule has 9 heteroatoms. The van der Waals surface area contributed by atoms with E-state index < -0.39 is 17.9 Å². The minimum atomic E-state index is -0.775. The highest BCUT2D eigenvalue weighted by atomic mass is 16.4. The lowest BCUT2D eigenvalue weighted by molar-refractivity contribution is -0.138. The lowest BCUT2D eigenvalue weighted by atomic mass is 10.1. The summed E-state index contributed by atoms with van der Waals surface area (Å²) in [7, 11) is 0. The van der Waals surface area contributed by atoms with E-state index in [9.17, 15) is 19.2 Å². The first-order chi connectivity index (χ1) is 14.0. The molecule has 1 aromatic heterocycles. The number of unbranched alkanes of at least 4 members (excludes halogenated alkanes) is 3. The Morgan fingerprint density at radius 1 is 1.21 bits per heavy atom. The first kappa shape index (κ1) is 20.5. The highest BCUT2D eigenvalue weighted by molar-refractivity contribution is 5.99. The summed E-state index contributed by atoms with van der Waals surface area (Å²) in [5.41, 5.74) is 0.505. The van der Waals surface area contributed by atoms with Crippen molar-refractivity contribution in [1.29, 1.82) is 0 Å². The van der Waals surface area contributed by atoms with Crippen LogP contribution < -0.4 is 16.2 Å². The van der Waals surface area contributed by atoms with E-state index in [4.69, 9.17) is 5.11 Å². The quantitative estimate of drug-likeness (QED) is 0.432. The molecule has 1 aromatic carbocycles. The van der Waals surface area contributed by atoms with Gasteiger partial charge in [-0.2, -0.15) is 5.10 Å². The fourth-order valence-electron chi connectivity index (χ4n) is 3.40. The summed E-state index contributed by atoms with van der Waals surface area (Å²) in [5, 5.41) is 19.4. The molecule has 1 unspecified atom stereocenters. The molecule has 29 heavy (non-hydrogen) atoms. The summed E-state index contributed by atoms with van der Waals surface area (Å²) in [5.74, 6) is -1.60. The van der Waals surface area contributed by atoms with Crippen LogP contribution in [0.4, 0.5) is 5.69 Å². The van der Waals surface area contributed by atoms with Crippen molar-refractivity contribution in [3.8, 4) is 0 Å². The van der Waals surface area contributed by atoms with E-state index in [0.29, 0.717) is 17.2 Å². The number of nitrogens with one attached hydrogen (secondary N) is 2. The summed E-state index contributed by atoms with van der Waals surface area (Å²) in [4.78, 5) is 46.5. The van der Waals surface area contributed by atoms with Crippen molar-refractivity contribution in [2.24, 2.45) is 0 Å². The second-order valence-corrected chi connectivity index (χ2v) is 7.15. The van der Waals surface area contributed by atoms with Gasteiger partial charge in [-0.1, -0.05) is 12.8 Å². The summed E-state index contributed by atoms with van der Waals surface area (Å²) < 4.78 is 1.15. The summed E-state index contributed by atoms with van der Waals surface area (Å²) in [6, 6.07) is 4.58. The van der Waals surface area contributed by atoms with Crippen LogP contribution in [-0.4, -0.2) is 39.2 Å². The number of anilines is 1. The van der Waals surface area contributed by atoms with Crippen LogP contribution in [0.3, 0.4) is 0 Å². The van der Waals surface area contributed by atoms with Gasteiger partial charge in [-0.25, -0.2) is 4.68 Å². The van der Waals surface area contributed by atoms with Crippen LogP contribution in [0.25, 0.3) is 10.8 Å². The maximum Gasteiger partial charge on any atom is 0.303 e. The van der Waals surface area contributed by atoms with Gasteiger partial charge >= 0.3 is 5.97 Å². The number of nitrogens with zero attached hydrogens (tertiary/aromatic N) is 2. The van der Waals surface area contributed by atoms with Crippen LogP contribution in [-0.2, 0) is 14.4 Å². The monoisotopic (exact) mass is 400 g/mol. The molecule has 3 N–H and O–H groups in total. The van der Waals surface area contributed by atoms with Gasteiger partial charge in [0.1, 0.15) is 6.04 Å². The van der Waals surface area contributed by atoms with Crippen molar-refractivity contribution in [3.05, 3.63) is 34.7 Å². The van der Waals surface area contributed by atoms with Crippen molar-refractivity contribution in [1.82, 2.24) is 15.1 Å². The van der Waals surface area contributed by atoms with Crippen molar-refractivity contribution in [2.75, 3.05) is 11.9 Å². The molecule has 9 nitrogen and oxygen atoms in total. The number of piperidine rings is 1. The number of fused-ring (bicyclic) bond motifs is 1. The molecule has 2 heterocycles. The average Bonchev–Trinajstić information content (AvgIpc) is 2.68. The number of rotatable bonds is 9. The molecule has 2 amide bonds. The van der Waals surface area contributed by atoms with Gasteiger partial charge in [0.2, 0.25) is 5.91 Å². The third-order valence-corrected chi connectivity index (χ3v) is 4.96. The van der Waals surface area contributed by atoms with E-state index in [1.54, 1.807) is 12.3 Å². The lowest BCUT2D eigenvalue weighted by Gasteiger charge is -2.21. The fourth-order valence-corrected chi connectivity index (χ4v) is 3.40. The largest absolute Gasteiger partial charge is 0.481 e. The van der Waals surface area contributed by atoms with Gasteiger partial charge in [0.05, 0.1) is 11.6 Å². The molecular weight excluding hydrogens is 376 g/mol. The Morgan fingerprint density at radius 3 is 2.76 bits per heavy atom. The predicted molar refractivity (Wildman–Crippen MR) is 107 cm³/mol. The predicted octanol–water partition coefficient (Wildman–Crippen LogP) is 1.82. The molecule has 1 fully saturated rings. The van der Waals surface area contributed by atoms with Gasteiger partial charge in [-0.15, -0.1) is 0 Å². The fraction of sp³-hybridized carbons (Fsp3) is 0.450. The number of imide groups is 1. The molecule has 2 aromatic rings. The maximum atomic E-state index is 12.7. The number of carbonyl (C=O) groups excluding carboxylic acids is 2. The summed E-state index contributed by atoms with van der Waals surface area (Å²) in [6.07, 6.45) is 5.65. The highest BCUT2D eigenvalue weighted by Crippen LogP contribution is 2.19. The molecule has 0 aliphatic carbocycles. The number of carboxylic acid groups (broad SMARTS) is 1. The maximum absolute atomic E-state index is 12.7. The van der Waals surface area contributed by atoms with E-state index in [2.05, 4.69) is 15.7 Å². The number of aromatic nitrogens is 2. The van der Waals surface area contributed by atoms with Crippen molar-refractivity contribution >= 4 is 34.2 Å². The number of carboxylic acids is 1. The van der Waals surface area contributed by atoms with Gasteiger partial charge in [0.15, 0.2) is 0 Å². The first-order valence-electron chi connectivity index (χ1n) is 9.76. The topological polar surface area (TPSA) is 130 Å². The SMILES string of the molecule is O=C(O)CCCCCCNc1ccc2c(=O)n(C3CCC(=O)NC3=O)ncc2c1. The minimum absolute atomic E-state index is 0.182. The standard InChI is InChI=1S/C20H24N4O5/c25-17-9-8-16(19(28)23-17)24-20(29)15-7-6-14(11-13(15)12-22-24)21-10-4-2-1-3-5-18(26)27/h6-7,11-12,16,21H,1-5,8-10H2,(H,26,27)(H,23,25,28). The Bertz CT molecular complexity index is 984. The Morgan fingerprint density at radius 2 is 2.00 bits per heavy atom. The Kier molecular flexibility index (Phi) is 6.58. The van der Waals surface area contributed by atoms with E-state index in [0.717, 1.165) is 36.2 Å². The molecule has 3 rings (SSSR count).